The lowest BCUT2D eigenvalue weighted by atomic mass is 10.0. The van der Waals surface area contributed by atoms with Crippen LogP contribution in [0.25, 0.3) is 0 Å². The van der Waals surface area contributed by atoms with Crippen molar-refractivity contribution in [2.24, 2.45) is 0 Å². The molecule has 68 valence electrons. The highest BCUT2D eigenvalue weighted by atomic mass is 16.5. The van der Waals surface area contributed by atoms with Crippen molar-refractivity contribution in [1.82, 2.24) is 0 Å². The summed E-state index contributed by atoms with van der Waals surface area (Å²) in [7, 11) is 1.55. The van der Waals surface area contributed by atoms with Gasteiger partial charge < -0.3 is 4.74 Å². The largest absolute Gasteiger partial charge is 0.362 e. The van der Waals surface area contributed by atoms with E-state index in [0.29, 0.717) is 0 Å². The molecule has 0 aliphatic heterocycles. The second kappa shape index (κ2) is 4.06. The number of hydrogen-bond acceptors (Lipinski definition) is 2. The summed E-state index contributed by atoms with van der Waals surface area (Å²) in [5.74, 6) is 0. The van der Waals surface area contributed by atoms with Crippen LogP contribution in [-0.2, 0) is 4.74 Å². The summed E-state index contributed by atoms with van der Waals surface area (Å²) in [6.45, 7) is 3.99. The van der Waals surface area contributed by atoms with Crippen LogP contribution < -0.4 is 0 Å². The van der Waals surface area contributed by atoms with E-state index in [9.17, 15) is 0 Å². The zero-order valence-electron chi connectivity index (χ0n) is 8.16. The van der Waals surface area contributed by atoms with Gasteiger partial charge in [0.15, 0.2) is 6.10 Å². The van der Waals surface area contributed by atoms with Gasteiger partial charge >= 0.3 is 0 Å². The number of nitriles is 1. The highest BCUT2D eigenvalue weighted by Gasteiger charge is 2.11. The minimum absolute atomic E-state index is 0.445. The first-order valence-electron chi connectivity index (χ1n) is 4.18. The fourth-order valence-corrected chi connectivity index (χ4v) is 1.29. The molecule has 0 bridgehead atoms. The lowest BCUT2D eigenvalue weighted by Gasteiger charge is -2.11. The maximum Gasteiger partial charge on any atom is 0.168 e. The van der Waals surface area contributed by atoms with Gasteiger partial charge in [-0.15, -0.1) is 0 Å². The van der Waals surface area contributed by atoms with E-state index in [1.54, 1.807) is 7.11 Å². The van der Waals surface area contributed by atoms with Gasteiger partial charge in [0.1, 0.15) is 0 Å². The van der Waals surface area contributed by atoms with Crippen LogP contribution >= 0.6 is 0 Å². The maximum atomic E-state index is 8.82. The summed E-state index contributed by atoms with van der Waals surface area (Å²) in [5, 5.41) is 8.82. The molecule has 0 N–H and O–H groups in total. The number of hydrogen-bond donors (Lipinski definition) is 0. The van der Waals surface area contributed by atoms with Gasteiger partial charge in [0.25, 0.3) is 0 Å². The molecule has 0 saturated carbocycles. The monoisotopic (exact) mass is 175 g/mol. The molecule has 0 saturated heterocycles. The number of rotatable bonds is 2. The van der Waals surface area contributed by atoms with Crippen molar-refractivity contribution in [3.8, 4) is 6.07 Å². The molecule has 0 radical (unpaired) electrons. The van der Waals surface area contributed by atoms with Crippen LogP contribution in [0.4, 0.5) is 0 Å². The quantitative estimate of drug-likeness (QED) is 0.692. The SMILES string of the molecule is COC(C#N)c1cc(C)ccc1C. The molecule has 1 rings (SSSR count). The van der Waals surface area contributed by atoms with Crippen molar-refractivity contribution in [3.63, 3.8) is 0 Å². The summed E-state index contributed by atoms with van der Waals surface area (Å²) in [4.78, 5) is 0. The Morgan fingerprint density at radius 3 is 2.62 bits per heavy atom. The molecular weight excluding hydrogens is 162 g/mol. The van der Waals surface area contributed by atoms with Gasteiger partial charge in [0.2, 0.25) is 0 Å². The zero-order chi connectivity index (χ0) is 9.84. The zero-order valence-corrected chi connectivity index (χ0v) is 8.16. The first-order valence-corrected chi connectivity index (χ1v) is 4.18. The lowest BCUT2D eigenvalue weighted by Crippen LogP contribution is -2.00. The van der Waals surface area contributed by atoms with Crippen LogP contribution in [0, 0.1) is 25.2 Å². The number of nitrogens with zero attached hydrogens (tertiary/aromatic N) is 1. The van der Waals surface area contributed by atoms with Crippen LogP contribution in [0.2, 0.25) is 0 Å². The van der Waals surface area contributed by atoms with Gasteiger partial charge in [-0.1, -0.05) is 23.8 Å². The molecule has 1 aromatic rings. The normalized spacial score (nSPS) is 12.2. The topological polar surface area (TPSA) is 33.0 Å². The van der Waals surface area contributed by atoms with E-state index in [-0.39, 0.29) is 0 Å². The van der Waals surface area contributed by atoms with Gasteiger partial charge in [0.05, 0.1) is 6.07 Å². The molecule has 13 heavy (non-hydrogen) atoms. The van der Waals surface area contributed by atoms with Gasteiger partial charge in [-0.2, -0.15) is 5.26 Å². The van der Waals surface area contributed by atoms with E-state index in [2.05, 4.69) is 6.07 Å². The summed E-state index contributed by atoms with van der Waals surface area (Å²) < 4.78 is 5.06. The first-order chi connectivity index (χ1) is 6.19. The third kappa shape index (κ3) is 2.07. The van der Waals surface area contributed by atoms with Crippen LogP contribution in [-0.4, -0.2) is 7.11 Å². The van der Waals surface area contributed by atoms with Gasteiger partial charge in [-0.05, 0) is 25.0 Å². The first kappa shape index (κ1) is 9.76. The minimum Gasteiger partial charge on any atom is -0.362 e. The molecule has 1 atom stereocenters. The Morgan fingerprint density at radius 2 is 2.08 bits per heavy atom. The summed E-state index contributed by atoms with van der Waals surface area (Å²) in [5.41, 5.74) is 3.21. The average molecular weight is 175 g/mol. The van der Waals surface area contributed by atoms with Crippen LogP contribution in [0.3, 0.4) is 0 Å². The third-order valence-electron chi connectivity index (χ3n) is 2.07. The third-order valence-corrected chi connectivity index (χ3v) is 2.07. The highest BCUT2D eigenvalue weighted by Crippen LogP contribution is 2.20. The number of methoxy groups -OCH3 is 1. The molecule has 2 heteroatoms. The minimum atomic E-state index is -0.445. The van der Waals surface area contributed by atoms with Crippen molar-refractivity contribution in [3.05, 3.63) is 34.9 Å². The van der Waals surface area contributed by atoms with Gasteiger partial charge in [-0.3, -0.25) is 0 Å². The second-order valence-electron chi connectivity index (χ2n) is 3.10. The smallest absolute Gasteiger partial charge is 0.168 e. The van der Waals surface area contributed by atoms with E-state index in [1.807, 2.05) is 32.0 Å². The van der Waals surface area contributed by atoms with Crippen LogP contribution in [0.15, 0.2) is 18.2 Å². The van der Waals surface area contributed by atoms with E-state index < -0.39 is 6.10 Å². The predicted octanol–water partition coefficient (Wildman–Crippen LogP) is 2.51. The summed E-state index contributed by atoms with van der Waals surface area (Å²) in [6, 6.07) is 8.15. The highest BCUT2D eigenvalue weighted by molar-refractivity contribution is 5.34. The predicted molar refractivity (Wildman–Crippen MR) is 51.3 cm³/mol. The molecule has 0 aliphatic carbocycles. The molecule has 0 heterocycles. The number of ether oxygens (including phenoxy) is 1. The summed E-state index contributed by atoms with van der Waals surface area (Å²) in [6.07, 6.45) is -0.445. The fourth-order valence-electron chi connectivity index (χ4n) is 1.29. The van der Waals surface area contributed by atoms with Crippen molar-refractivity contribution < 1.29 is 4.74 Å². The Labute approximate surface area is 78.8 Å². The molecular formula is C11H13NO. The molecule has 0 fully saturated rings. The van der Waals surface area contributed by atoms with Crippen LogP contribution in [0.5, 0.6) is 0 Å². The second-order valence-corrected chi connectivity index (χ2v) is 3.10. The Morgan fingerprint density at radius 1 is 1.38 bits per heavy atom. The van der Waals surface area contributed by atoms with Crippen molar-refractivity contribution in [2.45, 2.75) is 20.0 Å². The van der Waals surface area contributed by atoms with E-state index in [1.165, 1.54) is 0 Å². The molecule has 0 aromatic heterocycles. The number of benzene rings is 1. The Hall–Kier alpha value is -1.33. The molecule has 0 aliphatic rings. The lowest BCUT2D eigenvalue weighted by molar-refractivity contribution is 0.148. The Balaban J connectivity index is 3.13. The standard InChI is InChI=1S/C11H13NO/c1-8-4-5-9(2)10(6-8)11(7-12)13-3/h4-6,11H,1-3H3. The fraction of sp³-hybridized carbons (Fsp3) is 0.364. The van der Waals surface area contributed by atoms with Crippen molar-refractivity contribution in [1.29, 1.82) is 5.26 Å². The van der Waals surface area contributed by atoms with E-state index >= 15 is 0 Å². The average Bonchev–Trinajstić information content (AvgIpc) is 2.13. The molecule has 1 aromatic carbocycles. The molecule has 0 spiro atoms. The molecule has 2 nitrogen and oxygen atoms in total. The van der Waals surface area contributed by atoms with E-state index in [4.69, 9.17) is 10.00 Å². The Bertz CT molecular complexity index is 338. The van der Waals surface area contributed by atoms with Crippen LogP contribution in [0.1, 0.15) is 22.8 Å². The van der Waals surface area contributed by atoms with Crippen molar-refractivity contribution in [2.75, 3.05) is 7.11 Å². The van der Waals surface area contributed by atoms with Gasteiger partial charge in [0, 0.05) is 7.11 Å². The maximum absolute atomic E-state index is 8.82. The molecule has 1 unspecified atom stereocenters. The number of aryl methyl sites for hydroxylation is 2. The molecule has 0 amide bonds. The Kier molecular flexibility index (Phi) is 3.05. The van der Waals surface area contributed by atoms with Gasteiger partial charge in [-0.25, -0.2) is 0 Å². The van der Waals surface area contributed by atoms with Crippen molar-refractivity contribution >= 4 is 0 Å². The van der Waals surface area contributed by atoms with E-state index in [0.717, 1.165) is 16.7 Å². The summed E-state index contributed by atoms with van der Waals surface area (Å²) >= 11 is 0.